The molecule has 0 bridgehead atoms. The van der Waals surface area contributed by atoms with Crippen molar-refractivity contribution in [2.45, 2.75) is 32.7 Å². The summed E-state index contributed by atoms with van der Waals surface area (Å²) in [5.74, 6) is 0. The van der Waals surface area contributed by atoms with E-state index in [-0.39, 0.29) is 0 Å². The van der Waals surface area contributed by atoms with Crippen molar-refractivity contribution in [2.24, 2.45) is 0 Å². The molecule has 2 rings (SSSR count). The van der Waals surface area contributed by atoms with E-state index >= 15 is 0 Å². The van der Waals surface area contributed by atoms with Gasteiger partial charge < -0.3 is 5.32 Å². The average molecular weight is 279 g/mol. The van der Waals surface area contributed by atoms with E-state index in [1.165, 1.54) is 24.8 Å². The SMILES string of the molecule is CCCCCNCc1ccc(Cl)c(-n2cnnc2)c1. The third kappa shape index (κ3) is 4.04. The van der Waals surface area contributed by atoms with Gasteiger partial charge in [-0.1, -0.05) is 37.4 Å². The van der Waals surface area contributed by atoms with Gasteiger partial charge in [0.15, 0.2) is 0 Å². The topological polar surface area (TPSA) is 42.7 Å². The Labute approximate surface area is 118 Å². The van der Waals surface area contributed by atoms with Gasteiger partial charge in [0.25, 0.3) is 0 Å². The molecule has 0 saturated carbocycles. The van der Waals surface area contributed by atoms with Gasteiger partial charge in [0.2, 0.25) is 0 Å². The fourth-order valence-electron chi connectivity index (χ4n) is 1.92. The lowest BCUT2D eigenvalue weighted by Gasteiger charge is -2.09. The van der Waals surface area contributed by atoms with Gasteiger partial charge in [0.05, 0.1) is 10.7 Å². The molecule has 0 aliphatic carbocycles. The van der Waals surface area contributed by atoms with Crippen molar-refractivity contribution >= 4 is 11.6 Å². The molecule has 2 aromatic rings. The highest BCUT2D eigenvalue weighted by molar-refractivity contribution is 6.32. The van der Waals surface area contributed by atoms with Gasteiger partial charge in [0, 0.05) is 6.54 Å². The maximum absolute atomic E-state index is 6.19. The van der Waals surface area contributed by atoms with Crippen LogP contribution in [0.3, 0.4) is 0 Å². The lowest BCUT2D eigenvalue weighted by molar-refractivity contribution is 0.616. The van der Waals surface area contributed by atoms with Crippen LogP contribution < -0.4 is 5.32 Å². The van der Waals surface area contributed by atoms with Crippen LogP contribution in [-0.2, 0) is 6.54 Å². The Morgan fingerprint density at radius 3 is 2.74 bits per heavy atom. The van der Waals surface area contributed by atoms with E-state index < -0.39 is 0 Å². The number of rotatable bonds is 7. The molecule has 102 valence electrons. The predicted molar refractivity (Wildman–Crippen MR) is 77.6 cm³/mol. The van der Waals surface area contributed by atoms with E-state index in [9.17, 15) is 0 Å². The van der Waals surface area contributed by atoms with E-state index in [4.69, 9.17) is 11.6 Å². The minimum atomic E-state index is 0.703. The molecule has 0 unspecified atom stereocenters. The van der Waals surface area contributed by atoms with Crippen LogP contribution in [0.2, 0.25) is 5.02 Å². The largest absolute Gasteiger partial charge is 0.313 e. The van der Waals surface area contributed by atoms with E-state index in [1.54, 1.807) is 12.7 Å². The first kappa shape index (κ1) is 14.0. The van der Waals surface area contributed by atoms with Crippen molar-refractivity contribution in [3.63, 3.8) is 0 Å². The molecule has 1 aromatic heterocycles. The lowest BCUT2D eigenvalue weighted by atomic mass is 10.2. The fourth-order valence-corrected chi connectivity index (χ4v) is 2.14. The Bertz CT molecular complexity index is 496. The standard InChI is InChI=1S/C14H19ClN4/c1-2-3-4-7-16-9-12-5-6-13(15)14(8-12)19-10-17-18-11-19/h5-6,8,10-11,16H,2-4,7,9H2,1H3. The van der Waals surface area contributed by atoms with Crippen molar-refractivity contribution in [1.82, 2.24) is 20.1 Å². The Balaban J connectivity index is 1.97. The summed E-state index contributed by atoms with van der Waals surface area (Å²) < 4.78 is 1.82. The zero-order valence-corrected chi connectivity index (χ0v) is 11.9. The second kappa shape index (κ2) is 7.26. The molecule has 4 nitrogen and oxygen atoms in total. The van der Waals surface area contributed by atoms with E-state index in [0.717, 1.165) is 18.8 Å². The predicted octanol–water partition coefficient (Wildman–Crippen LogP) is 3.20. The first-order valence-electron chi connectivity index (χ1n) is 6.65. The van der Waals surface area contributed by atoms with E-state index in [0.29, 0.717) is 5.02 Å². The Hall–Kier alpha value is -1.39. The Morgan fingerprint density at radius 1 is 1.21 bits per heavy atom. The molecule has 1 N–H and O–H groups in total. The maximum Gasteiger partial charge on any atom is 0.123 e. The molecule has 5 heteroatoms. The molecule has 0 saturated heterocycles. The second-order valence-electron chi connectivity index (χ2n) is 4.54. The molecule has 0 radical (unpaired) electrons. The number of nitrogens with one attached hydrogen (secondary N) is 1. The van der Waals surface area contributed by atoms with Crippen LogP contribution in [-0.4, -0.2) is 21.3 Å². The minimum Gasteiger partial charge on any atom is -0.313 e. The number of nitrogens with zero attached hydrogens (tertiary/aromatic N) is 3. The number of hydrogen-bond acceptors (Lipinski definition) is 3. The molecule has 1 aromatic carbocycles. The summed E-state index contributed by atoms with van der Waals surface area (Å²) in [5.41, 5.74) is 2.13. The lowest BCUT2D eigenvalue weighted by Crippen LogP contribution is -2.14. The summed E-state index contributed by atoms with van der Waals surface area (Å²) in [5, 5.41) is 11.8. The molecule has 19 heavy (non-hydrogen) atoms. The zero-order chi connectivity index (χ0) is 13.5. The highest BCUT2D eigenvalue weighted by Crippen LogP contribution is 2.21. The van der Waals surface area contributed by atoms with Gasteiger partial charge in [0.1, 0.15) is 12.7 Å². The minimum absolute atomic E-state index is 0.703. The number of benzene rings is 1. The van der Waals surface area contributed by atoms with Crippen LogP contribution in [0.25, 0.3) is 5.69 Å². The highest BCUT2D eigenvalue weighted by Gasteiger charge is 2.04. The van der Waals surface area contributed by atoms with Gasteiger partial charge in [-0.15, -0.1) is 10.2 Å². The molecule has 1 heterocycles. The normalized spacial score (nSPS) is 10.8. The van der Waals surface area contributed by atoms with Crippen molar-refractivity contribution < 1.29 is 0 Å². The molecule has 0 aliphatic heterocycles. The molecule has 0 spiro atoms. The van der Waals surface area contributed by atoms with Crippen LogP contribution in [0.4, 0.5) is 0 Å². The van der Waals surface area contributed by atoms with Crippen LogP contribution in [0.15, 0.2) is 30.9 Å². The first-order valence-corrected chi connectivity index (χ1v) is 7.03. The van der Waals surface area contributed by atoms with Crippen molar-refractivity contribution in [2.75, 3.05) is 6.54 Å². The maximum atomic E-state index is 6.19. The van der Waals surface area contributed by atoms with Gasteiger partial charge in [-0.05, 0) is 30.7 Å². The molecule has 0 atom stereocenters. The van der Waals surface area contributed by atoms with Gasteiger partial charge in [-0.25, -0.2) is 0 Å². The summed E-state index contributed by atoms with van der Waals surface area (Å²) in [7, 11) is 0. The van der Waals surface area contributed by atoms with E-state index in [1.807, 2.05) is 16.7 Å². The van der Waals surface area contributed by atoms with Crippen molar-refractivity contribution in [1.29, 1.82) is 0 Å². The smallest absolute Gasteiger partial charge is 0.123 e. The Morgan fingerprint density at radius 2 is 2.00 bits per heavy atom. The van der Waals surface area contributed by atoms with Crippen LogP contribution in [0.1, 0.15) is 31.7 Å². The van der Waals surface area contributed by atoms with Gasteiger partial charge in [-0.3, -0.25) is 4.57 Å². The second-order valence-corrected chi connectivity index (χ2v) is 4.95. The summed E-state index contributed by atoms with van der Waals surface area (Å²) in [6, 6.07) is 6.03. The van der Waals surface area contributed by atoms with Crippen LogP contribution in [0.5, 0.6) is 0 Å². The molecule has 0 amide bonds. The average Bonchev–Trinajstić information content (AvgIpc) is 2.94. The van der Waals surface area contributed by atoms with Crippen LogP contribution >= 0.6 is 11.6 Å². The molecule has 0 fully saturated rings. The Kier molecular flexibility index (Phi) is 5.36. The number of aromatic nitrogens is 3. The van der Waals surface area contributed by atoms with Crippen molar-refractivity contribution in [3.05, 3.63) is 41.4 Å². The molecular formula is C14H19ClN4. The highest BCUT2D eigenvalue weighted by atomic mass is 35.5. The van der Waals surface area contributed by atoms with Gasteiger partial charge in [-0.2, -0.15) is 0 Å². The summed E-state index contributed by atoms with van der Waals surface area (Å²) >= 11 is 6.19. The third-order valence-electron chi connectivity index (χ3n) is 2.99. The molecule has 0 aliphatic rings. The quantitative estimate of drug-likeness (QED) is 0.791. The summed E-state index contributed by atoms with van der Waals surface area (Å²) in [6.45, 7) is 4.12. The molecular weight excluding hydrogens is 260 g/mol. The third-order valence-corrected chi connectivity index (χ3v) is 3.31. The van der Waals surface area contributed by atoms with Crippen LogP contribution in [0, 0.1) is 0 Å². The van der Waals surface area contributed by atoms with E-state index in [2.05, 4.69) is 28.5 Å². The fraction of sp³-hybridized carbons (Fsp3) is 0.429. The number of halogens is 1. The zero-order valence-electron chi connectivity index (χ0n) is 11.1. The van der Waals surface area contributed by atoms with Gasteiger partial charge >= 0.3 is 0 Å². The van der Waals surface area contributed by atoms with Crippen molar-refractivity contribution in [3.8, 4) is 5.69 Å². The summed E-state index contributed by atoms with van der Waals surface area (Å²) in [4.78, 5) is 0. The summed E-state index contributed by atoms with van der Waals surface area (Å²) in [6.07, 6.45) is 7.06. The first-order chi connectivity index (χ1) is 9.31. The monoisotopic (exact) mass is 278 g/mol. The number of hydrogen-bond donors (Lipinski definition) is 1. The number of unbranched alkanes of at least 4 members (excludes halogenated alkanes) is 2.